The summed E-state index contributed by atoms with van der Waals surface area (Å²) in [6.45, 7) is 11.4. The van der Waals surface area contributed by atoms with E-state index in [-0.39, 0.29) is 0 Å². The van der Waals surface area contributed by atoms with E-state index >= 15 is 0 Å². The van der Waals surface area contributed by atoms with E-state index in [0.717, 1.165) is 25.0 Å². The fraction of sp³-hybridized carbons (Fsp3) is 1.00. The van der Waals surface area contributed by atoms with Crippen molar-refractivity contribution in [1.82, 2.24) is 0 Å². The summed E-state index contributed by atoms with van der Waals surface area (Å²) in [5.74, 6) is 1.76. The lowest BCUT2D eigenvalue weighted by atomic mass is 9.94. The maximum absolute atomic E-state index is 5.80. The van der Waals surface area contributed by atoms with Gasteiger partial charge in [0.05, 0.1) is 0 Å². The van der Waals surface area contributed by atoms with Crippen molar-refractivity contribution < 1.29 is 4.74 Å². The Balaban J connectivity index is 3.25. The molecule has 0 fully saturated rings. The first-order valence-electron chi connectivity index (χ1n) is 10.8. The standard InChI is InChI=1S/C22H46O/c1-5-7-9-10-11-13-19-23-20-18-22(4)17-14-16-21(3)15-12-8-6-2/h21-22H,5-20H2,1-4H3. The Morgan fingerprint density at radius 1 is 0.522 bits per heavy atom. The van der Waals surface area contributed by atoms with Gasteiger partial charge in [-0.1, -0.05) is 105 Å². The molecule has 0 heterocycles. The second kappa shape index (κ2) is 18.3. The first-order chi connectivity index (χ1) is 11.2. The van der Waals surface area contributed by atoms with Crippen molar-refractivity contribution >= 4 is 0 Å². The van der Waals surface area contributed by atoms with E-state index in [1.165, 1.54) is 89.9 Å². The highest BCUT2D eigenvalue weighted by atomic mass is 16.5. The minimum absolute atomic E-state index is 0.836. The Bertz CT molecular complexity index is 214. The molecule has 1 heteroatoms. The quantitative estimate of drug-likeness (QED) is 0.234. The highest BCUT2D eigenvalue weighted by Crippen LogP contribution is 2.19. The van der Waals surface area contributed by atoms with Gasteiger partial charge >= 0.3 is 0 Å². The van der Waals surface area contributed by atoms with Gasteiger partial charge in [-0.2, -0.15) is 0 Å². The molecule has 0 saturated carbocycles. The molecular weight excluding hydrogens is 280 g/mol. The zero-order valence-corrected chi connectivity index (χ0v) is 16.9. The number of rotatable bonds is 18. The number of hydrogen-bond acceptors (Lipinski definition) is 1. The van der Waals surface area contributed by atoms with E-state index in [9.17, 15) is 0 Å². The Kier molecular flexibility index (Phi) is 18.3. The van der Waals surface area contributed by atoms with E-state index in [1.54, 1.807) is 0 Å². The van der Waals surface area contributed by atoms with Gasteiger partial charge in [-0.15, -0.1) is 0 Å². The third-order valence-corrected chi connectivity index (χ3v) is 5.09. The summed E-state index contributed by atoms with van der Waals surface area (Å²) in [6, 6.07) is 0. The summed E-state index contributed by atoms with van der Waals surface area (Å²) in [7, 11) is 0. The smallest absolute Gasteiger partial charge is 0.0468 e. The molecule has 0 aliphatic rings. The average molecular weight is 327 g/mol. The lowest BCUT2D eigenvalue weighted by Crippen LogP contribution is -2.04. The number of unbranched alkanes of at least 4 members (excludes halogenated alkanes) is 7. The summed E-state index contributed by atoms with van der Waals surface area (Å²) < 4.78 is 5.80. The van der Waals surface area contributed by atoms with E-state index in [1.807, 2.05) is 0 Å². The predicted molar refractivity (Wildman–Crippen MR) is 105 cm³/mol. The van der Waals surface area contributed by atoms with E-state index in [0.29, 0.717) is 0 Å². The number of ether oxygens (including phenoxy) is 1. The van der Waals surface area contributed by atoms with Crippen molar-refractivity contribution in [2.45, 2.75) is 118 Å². The van der Waals surface area contributed by atoms with Gasteiger partial charge in [0.1, 0.15) is 0 Å². The van der Waals surface area contributed by atoms with Gasteiger partial charge in [0.15, 0.2) is 0 Å². The van der Waals surface area contributed by atoms with Gasteiger partial charge < -0.3 is 4.74 Å². The van der Waals surface area contributed by atoms with Crippen molar-refractivity contribution in [3.05, 3.63) is 0 Å². The van der Waals surface area contributed by atoms with Crippen molar-refractivity contribution in [2.24, 2.45) is 11.8 Å². The molecule has 140 valence electrons. The van der Waals surface area contributed by atoms with Crippen LogP contribution in [0.4, 0.5) is 0 Å². The first kappa shape index (κ1) is 23.0. The second-order valence-corrected chi connectivity index (χ2v) is 7.81. The third kappa shape index (κ3) is 18.1. The molecule has 1 nitrogen and oxygen atoms in total. The van der Waals surface area contributed by atoms with Crippen LogP contribution in [0.25, 0.3) is 0 Å². The Morgan fingerprint density at radius 3 is 1.74 bits per heavy atom. The molecule has 0 spiro atoms. The summed E-state index contributed by atoms with van der Waals surface area (Å²) in [5, 5.41) is 0. The molecule has 0 N–H and O–H groups in total. The summed E-state index contributed by atoms with van der Waals surface area (Å²) in [4.78, 5) is 0. The van der Waals surface area contributed by atoms with Crippen molar-refractivity contribution in [3.8, 4) is 0 Å². The van der Waals surface area contributed by atoms with Gasteiger partial charge in [-0.3, -0.25) is 0 Å². The number of hydrogen-bond donors (Lipinski definition) is 0. The average Bonchev–Trinajstić information content (AvgIpc) is 2.53. The fourth-order valence-corrected chi connectivity index (χ4v) is 3.22. The van der Waals surface area contributed by atoms with Crippen LogP contribution >= 0.6 is 0 Å². The van der Waals surface area contributed by atoms with Crippen molar-refractivity contribution in [3.63, 3.8) is 0 Å². The predicted octanol–water partition coefficient (Wildman–Crippen LogP) is 7.78. The largest absolute Gasteiger partial charge is 0.381 e. The van der Waals surface area contributed by atoms with Crippen molar-refractivity contribution in [1.29, 1.82) is 0 Å². The molecule has 0 aromatic carbocycles. The minimum Gasteiger partial charge on any atom is -0.381 e. The lowest BCUT2D eigenvalue weighted by molar-refractivity contribution is 0.116. The van der Waals surface area contributed by atoms with Crippen LogP contribution in [0.3, 0.4) is 0 Å². The molecule has 0 aliphatic heterocycles. The molecule has 0 aromatic rings. The molecule has 0 rings (SSSR count). The van der Waals surface area contributed by atoms with Gasteiger partial charge in [-0.05, 0) is 24.7 Å². The second-order valence-electron chi connectivity index (χ2n) is 7.81. The van der Waals surface area contributed by atoms with E-state index < -0.39 is 0 Å². The monoisotopic (exact) mass is 326 g/mol. The fourth-order valence-electron chi connectivity index (χ4n) is 3.22. The highest BCUT2D eigenvalue weighted by Gasteiger charge is 2.05. The van der Waals surface area contributed by atoms with Crippen LogP contribution in [-0.4, -0.2) is 13.2 Å². The summed E-state index contributed by atoms with van der Waals surface area (Å²) >= 11 is 0. The Hall–Kier alpha value is -0.0400. The molecule has 2 unspecified atom stereocenters. The zero-order chi connectivity index (χ0) is 17.2. The van der Waals surface area contributed by atoms with Crippen LogP contribution in [0.15, 0.2) is 0 Å². The van der Waals surface area contributed by atoms with Crippen LogP contribution < -0.4 is 0 Å². The third-order valence-electron chi connectivity index (χ3n) is 5.09. The lowest BCUT2D eigenvalue weighted by Gasteiger charge is -2.14. The molecule has 0 bridgehead atoms. The molecule has 0 amide bonds. The molecule has 0 aliphatic carbocycles. The van der Waals surface area contributed by atoms with Crippen LogP contribution in [0.1, 0.15) is 118 Å². The Morgan fingerprint density at radius 2 is 1.04 bits per heavy atom. The SMILES string of the molecule is CCCCCCCCOCCC(C)CCCC(C)CCCCC. The van der Waals surface area contributed by atoms with E-state index in [2.05, 4.69) is 27.7 Å². The van der Waals surface area contributed by atoms with Crippen molar-refractivity contribution in [2.75, 3.05) is 13.2 Å². The molecular formula is C22H46O. The minimum atomic E-state index is 0.836. The summed E-state index contributed by atoms with van der Waals surface area (Å²) in [5.41, 5.74) is 0. The topological polar surface area (TPSA) is 9.23 Å². The molecule has 0 aromatic heterocycles. The van der Waals surface area contributed by atoms with Crippen LogP contribution in [-0.2, 0) is 4.74 Å². The Labute approximate surface area is 148 Å². The van der Waals surface area contributed by atoms with Crippen LogP contribution in [0.5, 0.6) is 0 Å². The van der Waals surface area contributed by atoms with Gasteiger partial charge in [-0.25, -0.2) is 0 Å². The maximum Gasteiger partial charge on any atom is 0.0468 e. The zero-order valence-electron chi connectivity index (χ0n) is 16.9. The summed E-state index contributed by atoms with van der Waals surface area (Å²) in [6.07, 6.45) is 19.2. The first-order valence-corrected chi connectivity index (χ1v) is 10.8. The maximum atomic E-state index is 5.80. The molecule has 2 atom stereocenters. The van der Waals surface area contributed by atoms with Gasteiger partial charge in [0, 0.05) is 13.2 Å². The van der Waals surface area contributed by atoms with Gasteiger partial charge in [0.2, 0.25) is 0 Å². The van der Waals surface area contributed by atoms with Crippen LogP contribution in [0.2, 0.25) is 0 Å². The highest BCUT2D eigenvalue weighted by molar-refractivity contribution is 4.58. The molecule has 0 saturated heterocycles. The van der Waals surface area contributed by atoms with Crippen LogP contribution in [0, 0.1) is 11.8 Å². The molecule has 0 radical (unpaired) electrons. The van der Waals surface area contributed by atoms with E-state index in [4.69, 9.17) is 4.74 Å². The van der Waals surface area contributed by atoms with Gasteiger partial charge in [0.25, 0.3) is 0 Å². The normalized spacial score (nSPS) is 14.1. The molecule has 23 heavy (non-hydrogen) atoms.